The van der Waals surface area contributed by atoms with E-state index in [2.05, 4.69) is 5.32 Å². The number of hydrogen-bond acceptors (Lipinski definition) is 2. The summed E-state index contributed by atoms with van der Waals surface area (Å²) in [5.74, 6) is -0.0312. The number of hydrogen-bond donors (Lipinski definition) is 2. The summed E-state index contributed by atoms with van der Waals surface area (Å²) in [6.45, 7) is 2.53. The van der Waals surface area contributed by atoms with Crippen LogP contribution in [0.4, 0.5) is 0 Å². The van der Waals surface area contributed by atoms with Crippen LogP contribution in [0.1, 0.15) is 58.4 Å². The number of amides is 2. The molecular weight excluding hydrogens is 252 g/mol. The summed E-state index contributed by atoms with van der Waals surface area (Å²) in [5, 5.41) is 2.96. The molecule has 108 valence electrons. The van der Waals surface area contributed by atoms with Crippen LogP contribution >= 0.6 is 0 Å². The Kier molecular flexibility index (Phi) is 4.77. The zero-order valence-corrected chi connectivity index (χ0v) is 11.9. The molecule has 2 amide bonds. The molecule has 0 heterocycles. The van der Waals surface area contributed by atoms with E-state index in [1.54, 1.807) is 18.2 Å². The Morgan fingerprint density at radius 1 is 1.25 bits per heavy atom. The molecule has 1 saturated carbocycles. The van der Waals surface area contributed by atoms with E-state index in [9.17, 15) is 9.59 Å². The van der Waals surface area contributed by atoms with Gasteiger partial charge in [0.2, 0.25) is 5.91 Å². The first-order valence-corrected chi connectivity index (χ1v) is 7.26. The van der Waals surface area contributed by atoms with Crippen molar-refractivity contribution >= 4 is 11.8 Å². The van der Waals surface area contributed by atoms with Gasteiger partial charge in [-0.3, -0.25) is 9.59 Å². The maximum absolute atomic E-state index is 12.1. The highest BCUT2D eigenvalue weighted by molar-refractivity contribution is 5.99. The van der Waals surface area contributed by atoms with Crippen LogP contribution in [0.2, 0.25) is 0 Å². The number of aryl methyl sites for hydroxylation is 1. The van der Waals surface area contributed by atoms with E-state index in [-0.39, 0.29) is 5.91 Å². The fourth-order valence-electron chi connectivity index (χ4n) is 2.76. The molecule has 0 atom stereocenters. The van der Waals surface area contributed by atoms with Gasteiger partial charge in [0.1, 0.15) is 0 Å². The Morgan fingerprint density at radius 3 is 2.60 bits per heavy atom. The van der Waals surface area contributed by atoms with Crippen molar-refractivity contribution in [2.24, 2.45) is 11.7 Å². The van der Waals surface area contributed by atoms with Crippen LogP contribution in [0.25, 0.3) is 0 Å². The van der Waals surface area contributed by atoms with Crippen LogP contribution < -0.4 is 11.1 Å². The van der Waals surface area contributed by atoms with Gasteiger partial charge in [-0.15, -0.1) is 0 Å². The molecule has 0 bridgehead atoms. The highest BCUT2D eigenvalue weighted by Crippen LogP contribution is 2.22. The Labute approximate surface area is 119 Å². The zero-order valence-electron chi connectivity index (χ0n) is 11.9. The largest absolute Gasteiger partial charge is 0.366 e. The SMILES string of the molecule is Cc1ccc(C(=O)NCC2CCCCC2)cc1C(N)=O. The van der Waals surface area contributed by atoms with Gasteiger partial charge in [0.25, 0.3) is 5.91 Å². The number of primary amides is 1. The van der Waals surface area contributed by atoms with Gasteiger partial charge in [0.05, 0.1) is 0 Å². The molecule has 1 aromatic rings. The molecule has 0 spiro atoms. The molecule has 20 heavy (non-hydrogen) atoms. The standard InChI is InChI=1S/C16H22N2O2/c1-11-7-8-13(9-14(11)15(17)19)16(20)18-10-12-5-3-2-4-6-12/h7-9,12H,2-6,10H2,1H3,(H2,17,19)(H,18,20). The first kappa shape index (κ1) is 14.6. The van der Waals surface area contributed by atoms with E-state index in [0.717, 1.165) is 12.1 Å². The minimum absolute atomic E-state index is 0.127. The fraction of sp³-hybridized carbons (Fsp3) is 0.500. The summed E-state index contributed by atoms with van der Waals surface area (Å²) >= 11 is 0. The molecule has 0 unspecified atom stereocenters. The third kappa shape index (κ3) is 3.59. The molecule has 1 aromatic carbocycles. The van der Waals surface area contributed by atoms with Gasteiger partial charge in [-0.25, -0.2) is 0 Å². The third-order valence-electron chi connectivity index (χ3n) is 4.04. The molecule has 1 fully saturated rings. The predicted molar refractivity (Wildman–Crippen MR) is 78.6 cm³/mol. The van der Waals surface area contributed by atoms with Crippen molar-refractivity contribution in [1.29, 1.82) is 0 Å². The fourth-order valence-corrected chi connectivity index (χ4v) is 2.76. The highest BCUT2D eigenvalue weighted by Gasteiger charge is 2.16. The van der Waals surface area contributed by atoms with Crippen LogP contribution in [-0.2, 0) is 0 Å². The second kappa shape index (κ2) is 6.55. The summed E-state index contributed by atoms with van der Waals surface area (Å²) in [5.41, 5.74) is 7.01. The minimum Gasteiger partial charge on any atom is -0.366 e. The number of nitrogens with two attached hydrogens (primary N) is 1. The number of nitrogens with one attached hydrogen (secondary N) is 1. The maximum Gasteiger partial charge on any atom is 0.251 e. The molecule has 0 aliphatic heterocycles. The third-order valence-corrected chi connectivity index (χ3v) is 4.04. The van der Waals surface area contributed by atoms with Crippen LogP contribution in [0.5, 0.6) is 0 Å². The van der Waals surface area contributed by atoms with E-state index in [4.69, 9.17) is 5.73 Å². The van der Waals surface area contributed by atoms with E-state index in [1.807, 2.05) is 6.92 Å². The van der Waals surface area contributed by atoms with Crippen molar-refractivity contribution in [3.8, 4) is 0 Å². The summed E-state index contributed by atoms with van der Waals surface area (Å²) in [4.78, 5) is 23.4. The molecular formula is C16H22N2O2. The normalized spacial score (nSPS) is 15.8. The average molecular weight is 274 g/mol. The monoisotopic (exact) mass is 274 g/mol. The molecule has 0 saturated heterocycles. The van der Waals surface area contributed by atoms with E-state index >= 15 is 0 Å². The number of rotatable bonds is 4. The van der Waals surface area contributed by atoms with Crippen LogP contribution in [0.3, 0.4) is 0 Å². The molecule has 4 heteroatoms. The first-order chi connectivity index (χ1) is 9.58. The van der Waals surface area contributed by atoms with Gasteiger partial charge >= 0.3 is 0 Å². The Morgan fingerprint density at radius 2 is 1.95 bits per heavy atom. The molecule has 0 aromatic heterocycles. The lowest BCUT2D eigenvalue weighted by Gasteiger charge is -2.21. The van der Waals surface area contributed by atoms with Crippen LogP contribution in [0, 0.1) is 12.8 Å². The number of carbonyl (C=O) groups is 2. The lowest BCUT2D eigenvalue weighted by Crippen LogP contribution is -2.30. The molecule has 2 rings (SSSR count). The average Bonchev–Trinajstić information content (AvgIpc) is 2.46. The zero-order chi connectivity index (χ0) is 14.5. The summed E-state index contributed by atoms with van der Waals surface area (Å²) in [7, 11) is 0. The maximum atomic E-state index is 12.1. The van der Waals surface area contributed by atoms with Gasteiger partial charge < -0.3 is 11.1 Å². The van der Waals surface area contributed by atoms with Crippen molar-refractivity contribution in [3.05, 3.63) is 34.9 Å². The van der Waals surface area contributed by atoms with E-state index in [1.165, 1.54) is 32.1 Å². The van der Waals surface area contributed by atoms with Gasteiger partial charge in [-0.1, -0.05) is 25.3 Å². The molecule has 1 aliphatic rings. The van der Waals surface area contributed by atoms with E-state index in [0.29, 0.717) is 17.0 Å². The molecule has 4 nitrogen and oxygen atoms in total. The second-order valence-corrected chi connectivity index (χ2v) is 5.61. The molecule has 0 radical (unpaired) electrons. The Bertz CT molecular complexity index is 505. The van der Waals surface area contributed by atoms with Gasteiger partial charge in [0.15, 0.2) is 0 Å². The van der Waals surface area contributed by atoms with Gasteiger partial charge in [-0.2, -0.15) is 0 Å². The van der Waals surface area contributed by atoms with Crippen molar-refractivity contribution in [2.45, 2.75) is 39.0 Å². The second-order valence-electron chi connectivity index (χ2n) is 5.61. The van der Waals surface area contributed by atoms with E-state index < -0.39 is 5.91 Å². The van der Waals surface area contributed by atoms with Crippen molar-refractivity contribution in [1.82, 2.24) is 5.32 Å². The molecule has 3 N–H and O–H groups in total. The molecule has 1 aliphatic carbocycles. The van der Waals surface area contributed by atoms with Crippen LogP contribution in [-0.4, -0.2) is 18.4 Å². The Balaban J connectivity index is 1.98. The minimum atomic E-state index is -0.496. The van der Waals surface area contributed by atoms with Crippen molar-refractivity contribution in [2.75, 3.05) is 6.54 Å². The first-order valence-electron chi connectivity index (χ1n) is 7.26. The summed E-state index contributed by atoms with van der Waals surface area (Å²) in [6.07, 6.45) is 6.22. The number of benzene rings is 1. The quantitative estimate of drug-likeness (QED) is 0.885. The van der Waals surface area contributed by atoms with Gasteiger partial charge in [-0.05, 0) is 43.4 Å². The Hall–Kier alpha value is -1.84. The lowest BCUT2D eigenvalue weighted by molar-refractivity contribution is 0.0943. The highest BCUT2D eigenvalue weighted by atomic mass is 16.2. The van der Waals surface area contributed by atoms with Crippen molar-refractivity contribution in [3.63, 3.8) is 0 Å². The smallest absolute Gasteiger partial charge is 0.251 e. The topological polar surface area (TPSA) is 72.2 Å². The van der Waals surface area contributed by atoms with Gasteiger partial charge in [0, 0.05) is 17.7 Å². The van der Waals surface area contributed by atoms with Crippen LogP contribution in [0.15, 0.2) is 18.2 Å². The summed E-state index contributed by atoms with van der Waals surface area (Å²) in [6, 6.07) is 5.07. The predicted octanol–water partition coefficient (Wildman–Crippen LogP) is 2.40. The van der Waals surface area contributed by atoms with Crippen molar-refractivity contribution < 1.29 is 9.59 Å². The lowest BCUT2D eigenvalue weighted by atomic mass is 9.89. The summed E-state index contributed by atoms with van der Waals surface area (Å²) < 4.78 is 0. The number of carbonyl (C=O) groups excluding carboxylic acids is 2.